The van der Waals surface area contributed by atoms with E-state index in [2.05, 4.69) is 6.07 Å². The lowest BCUT2D eigenvalue weighted by atomic mass is 9.81. The molecule has 0 fully saturated rings. The molecule has 0 saturated carbocycles. The first-order valence-electron chi connectivity index (χ1n) is 9.06. The highest BCUT2D eigenvalue weighted by Crippen LogP contribution is 2.45. The van der Waals surface area contributed by atoms with Gasteiger partial charge in [-0.05, 0) is 17.7 Å². The second-order valence-corrected chi connectivity index (χ2v) is 7.75. The molecule has 1 aliphatic heterocycles. The van der Waals surface area contributed by atoms with Crippen molar-refractivity contribution < 1.29 is 19.1 Å². The van der Waals surface area contributed by atoms with Gasteiger partial charge in [-0.2, -0.15) is 5.26 Å². The molecule has 1 atom stereocenters. The lowest BCUT2D eigenvalue weighted by Gasteiger charge is -2.36. The maximum atomic E-state index is 13.0. The number of benzene rings is 2. The van der Waals surface area contributed by atoms with E-state index >= 15 is 0 Å². The minimum atomic E-state index is -0.975. The Morgan fingerprint density at radius 1 is 1.03 bits per heavy atom. The van der Waals surface area contributed by atoms with E-state index in [0.29, 0.717) is 5.56 Å². The quantitative estimate of drug-likeness (QED) is 0.493. The molecule has 2 aromatic rings. The molecule has 0 spiro atoms. The molecule has 3 rings (SSSR count). The van der Waals surface area contributed by atoms with Crippen molar-refractivity contribution in [2.24, 2.45) is 5.73 Å². The Labute approximate surface area is 199 Å². The Bertz CT molecular complexity index is 1180. The van der Waals surface area contributed by atoms with Gasteiger partial charge in [0.15, 0.2) is 0 Å². The highest BCUT2D eigenvalue weighted by atomic mass is 35.5. The number of esters is 2. The van der Waals surface area contributed by atoms with Crippen LogP contribution < -0.4 is 10.6 Å². The standard InChI is InChI=1S/C22H16Cl3N3O4/c1-31-21(29)17-16(11-6-4-3-5-7-11)13(10-26)20(27)28(19(17)22(30)32-2)12-8-14(23)18(25)15(24)9-12/h3-9,16H,27H2,1-2H3. The topological polar surface area (TPSA) is 106 Å². The Hall–Kier alpha value is -3.18. The maximum absolute atomic E-state index is 13.0. The van der Waals surface area contributed by atoms with Crippen molar-refractivity contribution in [1.29, 1.82) is 5.26 Å². The average Bonchev–Trinajstić information content (AvgIpc) is 2.80. The second kappa shape index (κ2) is 9.53. The summed E-state index contributed by atoms with van der Waals surface area (Å²) in [7, 11) is 2.32. The third kappa shape index (κ3) is 4.00. The molecule has 1 unspecified atom stereocenters. The maximum Gasteiger partial charge on any atom is 0.355 e. The van der Waals surface area contributed by atoms with Gasteiger partial charge in [-0.15, -0.1) is 0 Å². The van der Waals surface area contributed by atoms with Gasteiger partial charge in [-0.1, -0.05) is 65.1 Å². The van der Waals surface area contributed by atoms with Gasteiger partial charge in [0.2, 0.25) is 0 Å². The van der Waals surface area contributed by atoms with Crippen LogP contribution >= 0.6 is 34.8 Å². The summed E-state index contributed by atoms with van der Waals surface area (Å²) in [5.74, 6) is -2.80. The summed E-state index contributed by atoms with van der Waals surface area (Å²) in [5, 5.41) is 10.2. The highest BCUT2D eigenvalue weighted by molar-refractivity contribution is 6.48. The molecule has 2 N–H and O–H groups in total. The Morgan fingerprint density at radius 2 is 1.59 bits per heavy atom. The molecule has 164 valence electrons. The fourth-order valence-electron chi connectivity index (χ4n) is 3.45. The van der Waals surface area contributed by atoms with Crippen molar-refractivity contribution in [3.8, 4) is 6.07 Å². The minimum absolute atomic E-state index is 0.0199. The summed E-state index contributed by atoms with van der Waals surface area (Å²) >= 11 is 18.4. The van der Waals surface area contributed by atoms with Crippen molar-refractivity contribution in [1.82, 2.24) is 0 Å². The van der Waals surface area contributed by atoms with Gasteiger partial charge >= 0.3 is 11.9 Å². The van der Waals surface area contributed by atoms with Crippen LogP contribution in [-0.2, 0) is 19.1 Å². The van der Waals surface area contributed by atoms with Gasteiger partial charge in [-0.3, -0.25) is 4.90 Å². The number of rotatable bonds is 4. The molecular formula is C22H16Cl3N3O4. The Morgan fingerprint density at radius 3 is 2.09 bits per heavy atom. The normalized spacial score (nSPS) is 16.0. The second-order valence-electron chi connectivity index (χ2n) is 6.56. The van der Waals surface area contributed by atoms with E-state index in [1.54, 1.807) is 30.3 Å². The van der Waals surface area contributed by atoms with E-state index in [9.17, 15) is 14.9 Å². The molecule has 10 heteroatoms. The van der Waals surface area contributed by atoms with Crippen molar-refractivity contribution in [3.63, 3.8) is 0 Å². The summed E-state index contributed by atoms with van der Waals surface area (Å²) in [6.07, 6.45) is 0. The van der Waals surface area contributed by atoms with Gasteiger partial charge in [0.05, 0.1) is 58.1 Å². The molecule has 0 aliphatic carbocycles. The molecule has 32 heavy (non-hydrogen) atoms. The third-order valence-electron chi connectivity index (χ3n) is 4.84. The number of nitrogens with two attached hydrogens (primary N) is 1. The molecule has 1 heterocycles. The van der Waals surface area contributed by atoms with Crippen LogP contribution in [0, 0.1) is 11.3 Å². The molecule has 2 aromatic carbocycles. The molecular weight excluding hydrogens is 477 g/mol. The lowest BCUT2D eigenvalue weighted by molar-refractivity contribution is -0.139. The number of anilines is 1. The van der Waals surface area contributed by atoms with E-state index < -0.39 is 17.9 Å². The number of methoxy groups -OCH3 is 2. The van der Waals surface area contributed by atoms with Gasteiger partial charge < -0.3 is 15.2 Å². The van der Waals surface area contributed by atoms with E-state index in [-0.39, 0.29) is 43.4 Å². The summed E-state index contributed by atoms with van der Waals surface area (Å²) in [4.78, 5) is 27.1. The first-order valence-corrected chi connectivity index (χ1v) is 10.2. The molecule has 0 radical (unpaired) electrons. The number of hydrogen-bond acceptors (Lipinski definition) is 7. The van der Waals surface area contributed by atoms with E-state index in [1.807, 2.05) is 0 Å². The third-order valence-corrected chi connectivity index (χ3v) is 6.03. The van der Waals surface area contributed by atoms with Crippen molar-refractivity contribution in [2.75, 3.05) is 19.1 Å². The van der Waals surface area contributed by atoms with Gasteiger partial charge in [0.25, 0.3) is 0 Å². The minimum Gasteiger partial charge on any atom is -0.466 e. The van der Waals surface area contributed by atoms with Crippen LogP contribution in [0.5, 0.6) is 0 Å². The summed E-state index contributed by atoms with van der Waals surface area (Å²) in [5.41, 5.74) is 6.80. The van der Waals surface area contributed by atoms with Gasteiger partial charge in [-0.25, -0.2) is 9.59 Å². The Balaban J connectivity index is 2.44. The Kier molecular flexibility index (Phi) is 6.99. The number of nitrogens with zero attached hydrogens (tertiary/aromatic N) is 2. The number of carbonyl (C=O) groups is 2. The van der Waals surface area contributed by atoms with Crippen molar-refractivity contribution in [3.05, 3.63) is 85.8 Å². The number of hydrogen-bond donors (Lipinski definition) is 1. The number of ether oxygens (including phenoxy) is 2. The average molecular weight is 493 g/mol. The smallest absolute Gasteiger partial charge is 0.355 e. The van der Waals surface area contributed by atoms with Crippen LogP contribution in [-0.4, -0.2) is 26.2 Å². The monoisotopic (exact) mass is 491 g/mol. The summed E-state index contributed by atoms with van der Waals surface area (Å²) in [6.45, 7) is 0. The van der Waals surface area contributed by atoms with Crippen molar-refractivity contribution >= 4 is 52.4 Å². The number of halogens is 3. The largest absolute Gasteiger partial charge is 0.466 e. The number of nitriles is 1. The highest BCUT2D eigenvalue weighted by Gasteiger charge is 2.43. The summed E-state index contributed by atoms with van der Waals surface area (Å²) in [6, 6.07) is 13.5. The van der Waals surface area contributed by atoms with Crippen LogP contribution in [0.15, 0.2) is 65.1 Å². The zero-order chi connectivity index (χ0) is 23.6. The first kappa shape index (κ1) is 23.5. The molecule has 7 nitrogen and oxygen atoms in total. The van der Waals surface area contributed by atoms with E-state index in [4.69, 9.17) is 50.0 Å². The van der Waals surface area contributed by atoms with Gasteiger partial charge in [0, 0.05) is 0 Å². The van der Waals surface area contributed by atoms with Gasteiger partial charge in [0.1, 0.15) is 11.5 Å². The van der Waals surface area contributed by atoms with E-state index in [0.717, 1.165) is 7.11 Å². The zero-order valence-electron chi connectivity index (χ0n) is 16.9. The number of carbonyl (C=O) groups excluding carboxylic acids is 2. The van der Waals surface area contributed by atoms with Crippen LogP contribution in [0.4, 0.5) is 5.69 Å². The molecule has 1 aliphatic rings. The van der Waals surface area contributed by atoms with Crippen LogP contribution in [0.2, 0.25) is 15.1 Å². The lowest BCUT2D eigenvalue weighted by Crippen LogP contribution is -2.40. The van der Waals surface area contributed by atoms with Crippen LogP contribution in [0.3, 0.4) is 0 Å². The fraction of sp³-hybridized carbons (Fsp3) is 0.136. The van der Waals surface area contributed by atoms with E-state index in [1.165, 1.54) is 24.1 Å². The first-order chi connectivity index (χ1) is 15.3. The van der Waals surface area contributed by atoms with Crippen molar-refractivity contribution in [2.45, 2.75) is 5.92 Å². The predicted octanol–water partition coefficient (Wildman–Crippen LogP) is 4.54. The number of allylic oxidation sites excluding steroid dienone is 1. The van der Waals surface area contributed by atoms with Crippen LogP contribution in [0.1, 0.15) is 11.5 Å². The molecule has 0 aromatic heterocycles. The molecule has 0 amide bonds. The zero-order valence-corrected chi connectivity index (χ0v) is 19.1. The molecule has 0 saturated heterocycles. The fourth-order valence-corrected chi connectivity index (χ4v) is 4.04. The van der Waals surface area contributed by atoms with Crippen LogP contribution in [0.25, 0.3) is 0 Å². The molecule has 0 bridgehead atoms. The predicted molar refractivity (Wildman–Crippen MR) is 121 cm³/mol. The SMILES string of the molecule is COC(=O)C1=C(C(=O)OC)N(c2cc(Cl)c(Cl)c(Cl)c2)C(N)=C(C#N)C1c1ccccc1. The summed E-state index contributed by atoms with van der Waals surface area (Å²) < 4.78 is 9.92.